The monoisotopic (exact) mass is 235 g/mol. The predicted octanol–water partition coefficient (Wildman–Crippen LogP) is 3.63. The molecule has 1 aromatic carbocycles. The van der Waals surface area contributed by atoms with Crippen molar-refractivity contribution in [2.75, 3.05) is 13.1 Å². The molecule has 1 aromatic rings. The van der Waals surface area contributed by atoms with Crippen molar-refractivity contribution in [3.05, 3.63) is 35.1 Å². The molecule has 2 unspecified atom stereocenters. The minimum absolute atomic E-state index is 0.0605. The topological polar surface area (TPSA) is 12.0 Å². The molecule has 0 aromatic heterocycles. The van der Waals surface area contributed by atoms with Crippen molar-refractivity contribution < 1.29 is 4.39 Å². The fourth-order valence-electron chi connectivity index (χ4n) is 2.56. The van der Waals surface area contributed by atoms with Gasteiger partial charge in [-0.2, -0.15) is 0 Å². The van der Waals surface area contributed by atoms with Crippen LogP contribution < -0.4 is 5.32 Å². The molecule has 17 heavy (non-hydrogen) atoms. The van der Waals surface area contributed by atoms with Gasteiger partial charge in [-0.3, -0.25) is 0 Å². The van der Waals surface area contributed by atoms with E-state index in [0.717, 1.165) is 18.7 Å². The first-order valence-electron chi connectivity index (χ1n) is 6.69. The van der Waals surface area contributed by atoms with Gasteiger partial charge >= 0.3 is 0 Å². The fraction of sp³-hybridized carbons (Fsp3) is 0.600. The molecule has 0 amide bonds. The van der Waals surface area contributed by atoms with Crippen LogP contribution in [0.25, 0.3) is 0 Å². The van der Waals surface area contributed by atoms with E-state index in [2.05, 4.69) is 18.3 Å². The maximum Gasteiger partial charge on any atom is 0.126 e. The van der Waals surface area contributed by atoms with Crippen molar-refractivity contribution in [2.24, 2.45) is 5.92 Å². The van der Waals surface area contributed by atoms with Gasteiger partial charge in [-0.25, -0.2) is 4.39 Å². The Bertz CT molecular complexity index is 375. The van der Waals surface area contributed by atoms with Gasteiger partial charge in [0.25, 0.3) is 0 Å². The molecule has 0 aliphatic heterocycles. The van der Waals surface area contributed by atoms with Crippen LogP contribution in [0.4, 0.5) is 4.39 Å². The van der Waals surface area contributed by atoms with E-state index in [4.69, 9.17) is 0 Å². The minimum Gasteiger partial charge on any atom is -0.316 e. The zero-order valence-corrected chi connectivity index (χ0v) is 10.8. The van der Waals surface area contributed by atoms with E-state index < -0.39 is 0 Å². The van der Waals surface area contributed by atoms with E-state index in [1.807, 2.05) is 13.0 Å². The van der Waals surface area contributed by atoms with E-state index in [-0.39, 0.29) is 5.82 Å². The Balaban J connectivity index is 1.95. The molecule has 1 aliphatic carbocycles. The molecule has 1 aliphatic rings. The number of aryl methyl sites for hydroxylation is 1. The smallest absolute Gasteiger partial charge is 0.126 e. The number of nitrogens with one attached hydrogen (secondary N) is 1. The van der Waals surface area contributed by atoms with Crippen LogP contribution in [-0.4, -0.2) is 13.1 Å². The largest absolute Gasteiger partial charge is 0.316 e. The zero-order chi connectivity index (χ0) is 12.3. The van der Waals surface area contributed by atoms with Crippen LogP contribution in [0.3, 0.4) is 0 Å². The first-order chi connectivity index (χ1) is 8.22. The average Bonchev–Trinajstić information content (AvgIpc) is 2.28. The molecule has 1 saturated carbocycles. The lowest BCUT2D eigenvalue weighted by atomic mass is 9.70. The number of halogens is 1. The standard InChI is InChI=1S/C15H22FN/c1-3-8-17-10-13-6-7-14(13)12-5-4-11(2)15(16)9-12/h4-5,9,13-14,17H,3,6-8,10H2,1-2H3. The highest BCUT2D eigenvalue weighted by molar-refractivity contribution is 5.28. The molecule has 2 heteroatoms. The highest BCUT2D eigenvalue weighted by Gasteiger charge is 2.31. The predicted molar refractivity (Wildman–Crippen MR) is 69.8 cm³/mol. The second-order valence-electron chi connectivity index (χ2n) is 5.16. The van der Waals surface area contributed by atoms with Crippen molar-refractivity contribution in [2.45, 2.75) is 39.0 Å². The lowest BCUT2D eigenvalue weighted by Crippen LogP contribution is -2.34. The molecular weight excluding hydrogens is 213 g/mol. The third kappa shape index (κ3) is 2.86. The molecule has 0 saturated heterocycles. The van der Waals surface area contributed by atoms with Crippen LogP contribution in [0.1, 0.15) is 43.2 Å². The first-order valence-corrected chi connectivity index (χ1v) is 6.69. The summed E-state index contributed by atoms with van der Waals surface area (Å²) < 4.78 is 13.5. The summed E-state index contributed by atoms with van der Waals surface area (Å²) in [6.07, 6.45) is 3.66. The van der Waals surface area contributed by atoms with Crippen LogP contribution in [0.2, 0.25) is 0 Å². The van der Waals surface area contributed by atoms with E-state index in [1.54, 1.807) is 6.07 Å². The summed E-state index contributed by atoms with van der Waals surface area (Å²) in [5.74, 6) is 1.20. The maximum absolute atomic E-state index is 13.5. The van der Waals surface area contributed by atoms with Gasteiger partial charge in [0.15, 0.2) is 0 Å². The van der Waals surface area contributed by atoms with Gasteiger partial charge in [-0.15, -0.1) is 0 Å². The molecule has 94 valence electrons. The quantitative estimate of drug-likeness (QED) is 0.768. The summed E-state index contributed by atoms with van der Waals surface area (Å²) in [7, 11) is 0. The summed E-state index contributed by atoms with van der Waals surface area (Å²) in [4.78, 5) is 0. The lowest BCUT2D eigenvalue weighted by molar-refractivity contribution is 0.245. The molecule has 0 heterocycles. The summed E-state index contributed by atoms with van der Waals surface area (Å²) in [6, 6.07) is 5.72. The Morgan fingerprint density at radius 3 is 2.76 bits per heavy atom. The lowest BCUT2D eigenvalue weighted by Gasteiger charge is -2.37. The Hall–Kier alpha value is -0.890. The van der Waals surface area contributed by atoms with E-state index in [0.29, 0.717) is 11.8 Å². The number of hydrogen-bond donors (Lipinski definition) is 1. The third-order valence-electron chi connectivity index (χ3n) is 3.87. The van der Waals surface area contributed by atoms with Crippen molar-refractivity contribution in [1.82, 2.24) is 5.32 Å². The Morgan fingerprint density at radius 1 is 1.35 bits per heavy atom. The van der Waals surface area contributed by atoms with Crippen LogP contribution in [0.15, 0.2) is 18.2 Å². The molecule has 0 radical (unpaired) electrons. The van der Waals surface area contributed by atoms with Gasteiger partial charge < -0.3 is 5.32 Å². The fourth-order valence-corrected chi connectivity index (χ4v) is 2.56. The maximum atomic E-state index is 13.5. The summed E-state index contributed by atoms with van der Waals surface area (Å²) >= 11 is 0. The van der Waals surface area contributed by atoms with Crippen LogP contribution in [0.5, 0.6) is 0 Å². The summed E-state index contributed by atoms with van der Waals surface area (Å²) in [5.41, 5.74) is 1.93. The second-order valence-corrected chi connectivity index (χ2v) is 5.16. The average molecular weight is 235 g/mol. The normalized spacial score (nSPS) is 23.5. The van der Waals surface area contributed by atoms with Gasteiger partial charge in [0.05, 0.1) is 0 Å². The molecule has 1 fully saturated rings. The summed E-state index contributed by atoms with van der Waals surface area (Å²) in [6.45, 7) is 6.17. The van der Waals surface area contributed by atoms with Gasteiger partial charge in [-0.1, -0.05) is 19.1 Å². The highest BCUT2D eigenvalue weighted by Crippen LogP contribution is 2.42. The minimum atomic E-state index is -0.0605. The first kappa shape index (κ1) is 12.6. The van der Waals surface area contributed by atoms with Crippen LogP contribution >= 0.6 is 0 Å². The molecule has 0 spiro atoms. The molecular formula is C15H22FN. The van der Waals surface area contributed by atoms with Crippen molar-refractivity contribution in [1.29, 1.82) is 0 Å². The van der Waals surface area contributed by atoms with E-state index >= 15 is 0 Å². The van der Waals surface area contributed by atoms with Gasteiger partial charge in [0, 0.05) is 0 Å². The number of benzene rings is 1. The van der Waals surface area contributed by atoms with Crippen LogP contribution in [-0.2, 0) is 0 Å². The summed E-state index contributed by atoms with van der Waals surface area (Å²) in [5, 5.41) is 3.47. The van der Waals surface area contributed by atoms with Crippen LogP contribution in [0, 0.1) is 18.7 Å². The highest BCUT2D eigenvalue weighted by atomic mass is 19.1. The molecule has 2 rings (SSSR count). The molecule has 0 bridgehead atoms. The van der Waals surface area contributed by atoms with Crippen molar-refractivity contribution in [3.8, 4) is 0 Å². The number of rotatable bonds is 5. The molecule has 1 nitrogen and oxygen atoms in total. The zero-order valence-electron chi connectivity index (χ0n) is 10.8. The van der Waals surface area contributed by atoms with E-state index in [1.165, 1.54) is 24.8 Å². The Kier molecular flexibility index (Phi) is 4.16. The van der Waals surface area contributed by atoms with Gasteiger partial charge in [-0.05, 0) is 68.3 Å². The molecule has 1 N–H and O–H groups in total. The van der Waals surface area contributed by atoms with Gasteiger partial charge in [0.2, 0.25) is 0 Å². The SMILES string of the molecule is CCCNCC1CCC1c1ccc(C)c(F)c1. The van der Waals surface area contributed by atoms with Gasteiger partial charge in [0.1, 0.15) is 5.82 Å². The second kappa shape index (κ2) is 5.63. The van der Waals surface area contributed by atoms with Crippen molar-refractivity contribution >= 4 is 0 Å². The number of hydrogen-bond acceptors (Lipinski definition) is 1. The third-order valence-corrected chi connectivity index (χ3v) is 3.87. The Morgan fingerprint density at radius 2 is 2.18 bits per heavy atom. The Labute approximate surface area is 103 Å². The molecule has 2 atom stereocenters. The van der Waals surface area contributed by atoms with Crippen molar-refractivity contribution in [3.63, 3.8) is 0 Å². The van der Waals surface area contributed by atoms with E-state index in [9.17, 15) is 4.39 Å².